The molecule has 1 N–H and O–H groups in total. The van der Waals surface area contributed by atoms with Crippen LogP contribution in [0.3, 0.4) is 0 Å². The van der Waals surface area contributed by atoms with Crippen molar-refractivity contribution in [1.29, 1.82) is 5.26 Å². The smallest absolute Gasteiger partial charge is 0.271 e. The summed E-state index contributed by atoms with van der Waals surface area (Å²) in [7, 11) is 1.49. The number of hydrogen-bond acceptors (Lipinski definition) is 7. The van der Waals surface area contributed by atoms with Crippen LogP contribution in [0.25, 0.3) is 0 Å². The average Bonchev–Trinajstić information content (AvgIpc) is 2.73. The highest BCUT2D eigenvalue weighted by Crippen LogP contribution is 2.29. The van der Waals surface area contributed by atoms with Gasteiger partial charge in [0.25, 0.3) is 5.56 Å². The van der Waals surface area contributed by atoms with Gasteiger partial charge in [0.2, 0.25) is 11.7 Å². The lowest BCUT2D eigenvalue weighted by Gasteiger charge is -2.20. The normalized spacial score (nSPS) is 11.8. The van der Waals surface area contributed by atoms with Crippen LogP contribution in [0, 0.1) is 18.3 Å². The van der Waals surface area contributed by atoms with Crippen LogP contribution < -0.4 is 15.0 Å². The summed E-state index contributed by atoms with van der Waals surface area (Å²) in [4.78, 5) is 25.8. The van der Waals surface area contributed by atoms with E-state index in [1.165, 1.54) is 21.0 Å². The fourth-order valence-electron chi connectivity index (χ4n) is 3.16. The van der Waals surface area contributed by atoms with Gasteiger partial charge < -0.3 is 19.3 Å². The van der Waals surface area contributed by atoms with Crippen LogP contribution in [0.2, 0.25) is 0 Å². The first-order valence-electron chi connectivity index (χ1n) is 10.0. The van der Waals surface area contributed by atoms with Crippen molar-refractivity contribution >= 4 is 5.78 Å². The summed E-state index contributed by atoms with van der Waals surface area (Å²) in [5.74, 6) is -0.213. The van der Waals surface area contributed by atoms with Gasteiger partial charge in [0.05, 0.1) is 18.8 Å². The third kappa shape index (κ3) is 5.44. The highest BCUT2D eigenvalue weighted by molar-refractivity contribution is 6.03. The maximum atomic E-state index is 13.2. The van der Waals surface area contributed by atoms with E-state index in [1.807, 2.05) is 19.9 Å². The van der Waals surface area contributed by atoms with Crippen LogP contribution in [-0.2, 0) is 11.3 Å². The molecule has 0 aliphatic heterocycles. The van der Waals surface area contributed by atoms with Crippen molar-refractivity contribution in [2.75, 3.05) is 13.7 Å². The summed E-state index contributed by atoms with van der Waals surface area (Å²) >= 11 is 0. The summed E-state index contributed by atoms with van der Waals surface area (Å²) in [5.41, 5.74) is -0.809. The number of nitriles is 1. The molecule has 0 saturated heterocycles. The predicted octanol–water partition coefficient (Wildman–Crippen LogP) is 3.21. The number of carbonyl (C=O) groups is 1. The molecule has 0 saturated carbocycles. The second-order valence-corrected chi connectivity index (χ2v) is 7.32. The van der Waals surface area contributed by atoms with E-state index in [0.717, 1.165) is 4.57 Å². The topological polar surface area (TPSA) is 111 Å². The largest absolute Gasteiger partial charge is 0.494 e. The minimum Gasteiger partial charge on any atom is -0.494 e. The number of nitrogens with zero attached hydrogens (tertiary/aromatic N) is 2. The Bertz CT molecular complexity index is 1040. The van der Waals surface area contributed by atoms with Gasteiger partial charge in [-0.3, -0.25) is 14.2 Å². The number of aromatic hydroxyl groups is 1. The summed E-state index contributed by atoms with van der Waals surface area (Å²) in [6.45, 7) is 7.26. The van der Waals surface area contributed by atoms with Gasteiger partial charge in [-0.15, -0.1) is 0 Å². The van der Waals surface area contributed by atoms with Crippen molar-refractivity contribution in [2.45, 2.75) is 52.9 Å². The first-order chi connectivity index (χ1) is 14.7. The van der Waals surface area contributed by atoms with E-state index in [4.69, 9.17) is 14.2 Å². The molecule has 31 heavy (non-hydrogen) atoms. The van der Waals surface area contributed by atoms with Gasteiger partial charge in [-0.1, -0.05) is 12.1 Å². The Labute approximate surface area is 181 Å². The zero-order valence-electron chi connectivity index (χ0n) is 18.5. The zero-order valence-corrected chi connectivity index (χ0v) is 18.5. The maximum absolute atomic E-state index is 13.2. The zero-order chi connectivity index (χ0) is 23.1. The van der Waals surface area contributed by atoms with Gasteiger partial charge in [0.1, 0.15) is 11.6 Å². The minimum atomic E-state index is -0.998. The van der Waals surface area contributed by atoms with E-state index in [1.54, 1.807) is 24.3 Å². The molecular formula is C23H28N2O6. The molecule has 1 aromatic carbocycles. The van der Waals surface area contributed by atoms with Gasteiger partial charge in [-0.25, -0.2) is 0 Å². The number of hydrogen-bond donors (Lipinski definition) is 1. The summed E-state index contributed by atoms with van der Waals surface area (Å²) < 4.78 is 17.5. The Hall–Kier alpha value is -3.31. The number of aromatic nitrogens is 1. The fraction of sp³-hybridized carbons (Fsp3) is 0.435. The minimum absolute atomic E-state index is 0.0307. The van der Waals surface area contributed by atoms with E-state index in [9.17, 15) is 20.0 Å². The molecule has 0 radical (unpaired) electrons. The number of carbonyl (C=O) groups excluding carboxylic acids is 1. The molecule has 8 nitrogen and oxygen atoms in total. The van der Waals surface area contributed by atoms with Crippen molar-refractivity contribution in [3.8, 4) is 23.4 Å². The first kappa shape index (κ1) is 24.0. The van der Waals surface area contributed by atoms with Gasteiger partial charge in [-0.2, -0.15) is 5.26 Å². The third-order valence-corrected chi connectivity index (χ3v) is 4.77. The van der Waals surface area contributed by atoms with E-state index in [0.29, 0.717) is 24.5 Å². The standard InChI is InChI=1S/C23H28N2O6/c1-14(2)30-12-8-11-25-22(27)17(13-24)15(3)20(23(25)28)21(26)16(4)31-19-10-7-6-9-18(19)29-5/h6-7,9-10,14,16,28H,8,11-12H2,1-5H3. The second-order valence-electron chi connectivity index (χ2n) is 7.32. The molecule has 1 aromatic heterocycles. The molecule has 166 valence electrons. The summed E-state index contributed by atoms with van der Waals surface area (Å²) in [6, 6.07) is 8.72. The fourth-order valence-corrected chi connectivity index (χ4v) is 3.16. The molecule has 0 aliphatic rings. The van der Waals surface area contributed by atoms with Crippen molar-refractivity contribution in [2.24, 2.45) is 0 Å². The quantitative estimate of drug-likeness (QED) is 0.457. The molecule has 0 fully saturated rings. The number of para-hydroxylation sites is 2. The van der Waals surface area contributed by atoms with Gasteiger partial charge in [-0.05, 0) is 51.8 Å². The molecule has 8 heteroatoms. The molecule has 0 amide bonds. The number of methoxy groups -OCH3 is 1. The highest BCUT2D eigenvalue weighted by atomic mass is 16.5. The molecular weight excluding hydrogens is 400 g/mol. The number of ether oxygens (including phenoxy) is 3. The first-order valence-corrected chi connectivity index (χ1v) is 10.0. The molecule has 1 atom stereocenters. The van der Waals surface area contributed by atoms with Crippen LogP contribution in [-0.4, -0.2) is 41.4 Å². The van der Waals surface area contributed by atoms with E-state index >= 15 is 0 Å². The number of pyridine rings is 1. The molecule has 0 aliphatic carbocycles. The van der Waals surface area contributed by atoms with E-state index in [2.05, 4.69) is 0 Å². The number of ketones is 1. The average molecular weight is 428 g/mol. The third-order valence-electron chi connectivity index (χ3n) is 4.77. The molecule has 1 heterocycles. The van der Waals surface area contributed by atoms with Crippen LogP contribution >= 0.6 is 0 Å². The summed E-state index contributed by atoms with van der Waals surface area (Å²) in [5, 5.41) is 20.3. The predicted molar refractivity (Wildman–Crippen MR) is 115 cm³/mol. The van der Waals surface area contributed by atoms with Crippen molar-refractivity contribution in [3.63, 3.8) is 0 Å². The maximum Gasteiger partial charge on any atom is 0.271 e. The molecule has 0 spiro atoms. The van der Waals surface area contributed by atoms with Crippen LogP contribution in [0.15, 0.2) is 29.1 Å². The van der Waals surface area contributed by atoms with Gasteiger partial charge in [0, 0.05) is 13.2 Å². The van der Waals surface area contributed by atoms with Crippen LogP contribution in [0.5, 0.6) is 17.4 Å². The monoisotopic (exact) mass is 428 g/mol. The van der Waals surface area contributed by atoms with E-state index in [-0.39, 0.29) is 29.3 Å². The lowest BCUT2D eigenvalue weighted by molar-refractivity contribution is 0.0742. The Kier molecular flexibility index (Phi) is 8.22. The molecule has 1 unspecified atom stereocenters. The van der Waals surface area contributed by atoms with Crippen molar-refractivity contribution in [1.82, 2.24) is 4.57 Å². The van der Waals surface area contributed by atoms with Gasteiger partial charge in [0.15, 0.2) is 17.6 Å². The molecule has 0 bridgehead atoms. The molecule has 2 aromatic rings. The Balaban J connectivity index is 2.39. The van der Waals surface area contributed by atoms with Crippen LogP contribution in [0.4, 0.5) is 0 Å². The van der Waals surface area contributed by atoms with Gasteiger partial charge >= 0.3 is 0 Å². The molecule has 2 rings (SSSR count). The summed E-state index contributed by atoms with van der Waals surface area (Å²) in [6.07, 6.45) is -0.536. The van der Waals surface area contributed by atoms with Crippen LogP contribution in [0.1, 0.15) is 48.7 Å². The van der Waals surface area contributed by atoms with E-state index < -0.39 is 23.3 Å². The number of benzene rings is 1. The Morgan fingerprint density at radius 2 is 1.87 bits per heavy atom. The highest BCUT2D eigenvalue weighted by Gasteiger charge is 2.28. The number of rotatable bonds is 10. The lowest BCUT2D eigenvalue weighted by Crippen LogP contribution is -2.31. The SMILES string of the molecule is COc1ccccc1OC(C)C(=O)c1c(C)c(C#N)c(=O)n(CCCOC(C)C)c1O. The second kappa shape index (κ2) is 10.6. The lowest BCUT2D eigenvalue weighted by atomic mass is 9.99. The van der Waals surface area contributed by atoms with Crippen molar-refractivity contribution in [3.05, 3.63) is 51.3 Å². The number of Topliss-reactive ketones (excluding diaryl/α,β-unsaturated/α-hetero) is 1. The Morgan fingerprint density at radius 1 is 1.23 bits per heavy atom. The van der Waals surface area contributed by atoms with Crippen molar-refractivity contribution < 1.29 is 24.1 Å². The Morgan fingerprint density at radius 3 is 2.45 bits per heavy atom.